The minimum atomic E-state index is -1.07. The number of thiophene rings is 1. The molecular weight excluding hydrogens is 262 g/mol. The van der Waals surface area contributed by atoms with Crippen LogP contribution < -0.4 is 5.32 Å². The van der Waals surface area contributed by atoms with Gasteiger partial charge in [-0.05, 0) is 26.0 Å². The summed E-state index contributed by atoms with van der Waals surface area (Å²) in [5.41, 5.74) is -0.0447. The second kappa shape index (κ2) is 5.79. The molecule has 1 unspecified atom stereocenters. The van der Waals surface area contributed by atoms with Gasteiger partial charge in [-0.3, -0.25) is 0 Å². The summed E-state index contributed by atoms with van der Waals surface area (Å²) in [5, 5.41) is 12.1. The van der Waals surface area contributed by atoms with E-state index >= 15 is 0 Å². The second-order valence-electron chi connectivity index (χ2n) is 4.32. The molecule has 1 atom stereocenters. The van der Waals surface area contributed by atoms with Crippen LogP contribution in [0.5, 0.6) is 0 Å². The first-order valence-electron chi connectivity index (χ1n) is 5.92. The fourth-order valence-corrected chi connectivity index (χ4v) is 2.80. The Morgan fingerprint density at radius 2 is 2.16 bits per heavy atom. The number of hydrogen-bond donors (Lipinski definition) is 2. The van der Waals surface area contributed by atoms with Crippen molar-refractivity contribution < 1.29 is 9.90 Å². The summed E-state index contributed by atoms with van der Waals surface area (Å²) < 4.78 is 0. The first-order valence-corrected chi connectivity index (χ1v) is 6.74. The van der Waals surface area contributed by atoms with Gasteiger partial charge in [0, 0.05) is 34.6 Å². The van der Waals surface area contributed by atoms with E-state index in [0.29, 0.717) is 5.82 Å². The van der Waals surface area contributed by atoms with Crippen LogP contribution in [-0.2, 0) is 6.42 Å². The van der Waals surface area contributed by atoms with Crippen molar-refractivity contribution in [2.24, 2.45) is 0 Å². The fraction of sp³-hybridized carbons (Fsp3) is 0.308. The number of nitrogens with one attached hydrogen (secondary N) is 1. The summed E-state index contributed by atoms with van der Waals surface area (Å²) in [5.74, 6) is -0.759. The Morgan fingerprint density at radius 1 is 1.42 bits per heavy atom. The number of aryl methyl sites for hydroxylation is 1. The summed E-state index contributed by atoms with van der Waals surface area (Å²) in [4.78, 5) is 21.4. The molecule has 2 N–H and O–H groups in total. The van der Waals surface area contributed by atoms with Gasteiger partial charge in [0.1, 0.15) is 0 Å². The van der Waals surface area contributed by atoms with Crippen LogP contribution in [0.15, 0.2) is 24.5 Å². The maximum atomic E-state index is 11.0. The Bertz CT molecular complexity index is 583. The Kier molecular flexibility index (Phi) is 4.11. The van der Waals surface area contributed by atoms with E-state index in [0.717, 1.165) is 6.42 Å². The highest BCUT2D eigenvalue weighted by Gasteiger charge is 2.14. The van der Waals surface area contributed by atoms with Crippen molar-refractivity contribution in [1.29, 1.82) is 0 Å². The zero-order valence-corrected chi connectivity index (χ0v) is 11.6. The van der Waals surface area contributed by atoms with Crippen LogP contribution in [0.25, 0.3) is 0 Å². The first-order chi connectivity index (χ1) is 9.06. The van der Waals surface area contributed by atoms with Crippen LogP contribution in [0, 0.1) is 6.92 Å². The average molecular weight is 277 g/mol. The van der Waals surface area contributed by atoms with Crippen LogP contribution in [0.3, 0.4) is 0 Å². The Balaban J connectivity index is 2.06. The van der Waals surface area contributed by atoms with Crippen molar-refractivity contribution in [3.63, 3.8) is 0 Å². The SMILES string of the molecule is Cc1ccc(CC(C)Nc2nccnc2C(=O)O)s1. The van der Waals surface area contributed by atoms with Crippen LogP contribution in [-0.4, -0.2) is 27.1 Å². The van der Waals surface area contributed by atoms with Gasteiger partial charge in [0.05, 0.1) is 0 Å². The molecule has 0 aliphatic heterocycles. The third kappa shape index (κ3) is 3.51. The van der Waals surface area contributed by atoms with Gasteiger partial charge in [-0.2, -0.15) is 0 Å². The molecular formula is C13H15N3O2S. The zero-order valence-electron chi connectivity index (χ0n) is 10.8. The highest BCUT2D eigenvalue weighted by molar-refractivity contribution is 7.11. The number of carboxylic acids is 1. The minimum Gasteiger partial charge on any atom is -0.476 e. The lowest BCUT2D eigenvalue weighted by Gasteiger charge is -2.14. The van der Waals surface area contributed by atoms with Gasteiger partial charge in [-0.25, -0.2) is 14.8 Å². The van der Waals surface area contributed by atoms with E-state index < -0.39 is 5.97 Å². The topological polar surface area (TPSA) is 75.1 Å². The number of rotatable bonds is 5. The quantitative estimate of drug-likeness (QED) is 0.878. The minimum absolute atomic E-state index is 0.0447. The fourth-order valence-electron chi connectivity index (χ4n) is 1.78. The molecule has 0 spiro atoms. The number of hydrogen-bond acceptors (Lipinski definition) is 5. The molecule has 2 heterocycles. The molecule has 0 radical (unpaired) electrons. The maximum Gasteiger partial charge on any atom is 0.358 e. The van der Waals surface area contributed by atoms with Crippen molar-refractivity contribution in [2.75, 3.05) is 5.32 Å². The number of aromatic carboxylic acids is 1. The van der Waals surface area contributed by atoms with Crippen molar-refractivity contribution >= 4 is 23.1 Å². The average Bonchev–Trinajstić information content (AvgIpc) is 2.75. The number of carboxylic acid groups (broad SMARTS) is 1. The molecule has 5 nitrogen and oxygen atoms in total. The molecule has 0 bridgehead atoms. The largest absolute Gasteiger partial charge is 0.476 e. The van der Waals surface area contributed by atoms with Crippen LogP contribution in [0.1, 0.15) is 27.2 Å². The Labute approximate surface area is 115 Å². The van der Waals surface area contributed by atoms with Gasteiger partial charge >= 0.3 is 5.97 Å². The van der Waals surface area contributed by atoms with Crippen LogP contribution in [0.2, 0.25) is 0 Å². The number of carbonyl (C=O) groups is 1. The van der Waals surface area contributed by atoms with Crippen molar-refractivity contribution in [3.05, 3.63) is 40.0 Å². The summed E-state index contributed by atoms with van der Waals surface area (Å²) >= 11 is 1.74. The van der Waals surface area contributed by atoms with E-state index in [1.807, 2.05) is 6.92 Å². The van der Waals surface area contributed by atoms with E-state index in [4.69, 9.17) is 5.11 Å². The van der Waals surface area contributed by atoms with Crippen molar-refractivity contribution in [3.8, 4) is 0 Å². The van der Waals surface area contributed by atoms with Crippen molar-refractivity contribution in [2.45, 2.75) is 26.3 Å². The molecule has 0 amide bonds. The van der Waals surface area contributed by atoms with Crippen LogP contribution >= 0.6 is 11.3 Å². The van der Waals surface area contributed by atoms with Crippen LogP contribution in [0.4, 0.5) is 5.82 Å². The molecule has 0 aliphatic carbocycles. The molecule has 0 aliphatic rings. The number of anilines is 1. The number of nitrogens with zero attached hydrogens (tertiary/aromatic N) is 2. The van der Waals surface area contributed by atoms with E-state index in [-0.39, 0.29) is 11.7 Å². The standard InChI is InChI=1S/C13H15N3O2S/c1-8(7-10-4-3-9(2)19-10)16-12-11(13(17)18)14-5-6-15-12/h3-6,8H,7H2,1-2H3,(H,15,16)(H,17,18). The van der Waals surface area contributed by atoms with Gasteiger partial charge < -0.3 is 10.4 Å². The van der Waals surface area contributed by atoms with E-state index in [9.17, 15) is 4.79 Å². The smallest absolute Gasteiger partial charge is 0.358 e. The third-order valence-corrected chi connectivity index (χ3v) is 3.61. The lowest BCUT2D eigenvalue weighted by Crippen LogP contribution is -2.21. The Morgan fingerprint density at radius 3 is 2.79 bits per heavy atom. The third-order valence-electron chi connectivity index (χ3n) is 2.59. The molecule has 2 aromatic heterocycles. The van der Waals surface area contributed by atoms with E-state index in [1.165, 1.54) is 22.1 Å². The molecule has 100 valence electrons. The summed E-state index contributed by atoms with van der Waals surface area (Å²) in [6, 6.07) is 4.26. The molecule has 0 aromatic carbocycles. The normalized spacial score (nSPS) is 12.1. The second-order valence-corrected chi connectivity index (χ2v) is 5.69. The monoisotopic (exact) mass is 277 g/mol. The van der Waals surface area contributed by atoms with Gasteiger partial charge in [0.2, 0.25) is 0 Å². The highest BCUT2D eigenvalue weighted by Crippen LogP contribution is 2.18. The summed E-state index contributed by atoms with van der Waals surface area (Å²) in [7, 11) is 0. The number of aromatic nitrogens is 2. The zero-order chi connectivity index (χ0) is 13.8. The molecule has 19 heavy (non-hydrogen) atoms. The van der Waals surface area contributed by atoms with E-state index in [1.54, 1.807) is 11.3 Å². The van der Waals surface area contributed by atoms with Gasteiger partial charge in [0.15, 0.2) is 11.5 Å². The van der Waals surface area contributed by atoms with Gasteiger partial charge in [-0.15, -0.1) is 11.3 Å². The predicted molar refractivity (Wildman–Crippen MR) is 74.8 cm³/mol. The predicted octanol–water partition coefficient (Wildman–Crippen LogP) is 2.59. The molecule has 0 saturated heterocycles. The Hall–Kier alpha value is -1.95. The summed E-state index contributed by atoms with van der Waals surface area (Å²) in [6.45, 7) is 4.06. The lowest BCUT2D eigenvalue weighted by molar-refractivity contribution is 0.0691. The van der Waals surface area contributed by atoms with E-state index in [2.05, 4.69) is 34.3 Å². The molecule has 2 rings (SSSR count). The first kappa shape index (κ1) is 13.5. The molecule has 2 aromatic rings. The van der Waals surface area contributed by atoms with Gasteiger partial charge in [-0.1, -0.05) is 0 Å². The molecule has 6 heteroatoms. The van der Waals surface area contributed by atoms with Crippen molar-refractivity contribution in [1.82, 2.24) is 9.97 Å². The van der Waals surface area contributed by atoms with Gasteiger partial charge in [0.25, 0.3) is 0 Å². The lowest BCUT2D eigenvalue weighted by atomic mass is 10.2. The highest BCUT2D eigenvalue weighted by atomic mass is 32.1. The maximum absolute atomic E-state index is 11.0. The summed E-state index contributed by atoms with van der Waals surface area (Å²) in [6.07, 6.45) is 3.69. The molecule has 0 fully saturated rings. The molecule has 0 saturated carbocycles.